The zero-order chi connectivity index (χ0) is 31.4. The van der Waals surface area contributed by atoms with Crippen LogP contribution in [0.5, 0.6) is 0 Å². The minimum absolute atomic E-state index is 0.0891. The minimum atomic E-state index is -0.927. The van der Waals surface area contributed by atoms with Gasteiger partial charge in [-0.1, -0.05) is 66.7 Å². The number of nitrogens with one attached hydrogen (secondary N) is 2. The van der Waals surface area contributed by atoms with Crippen LogP contribution < -0.4 is 21.3 Å². The van der Waals surface area contributed by atoms with Crippen molar-refractivity contribution in [1.82, 2.24) is 10.2 Å². The van der Waals surface area contributed by atoms with E-state index in [0.29, 0.717) is 18.5 Å². The summed E-state index contributed by atoms with van der Waals surface area (Å²) in [6.45, 7) is 11.7. The molecule has 4 amide bonds. The predicted octanol–water partition coefficient (Wildman–Crippen LogP) is 6.21. The molecule has 228 valence electrons. The summed E-state index contributed by atoms with van der Waals surface area (Å²) < 4.78 is 0. The average molecular weight is 584 g/mol. The molecule has 1 fully saturated rings. The number of carbonyl (C=O) groups is 3. The fourth-order valence-electron chi connectivity index (χ4n) is 5.84. The summed E-state index contributed by atoms with van der Waals surface area (Å²) in [6, 6.07) is 25.2. The maximum atomic E-state index is 14.7. The average Bonchev–Trinajstić information content (AvgIpc) is 3.05. The van der Waals surface area contributed by atoms with E-state index >= 15 is 0 Å². The lowest BCUT2D eigenvalue weighted by Gasteiger charge is -2.35. The molecular formula is C35H45N5O3. The Morgan fingerprint density at radius 2 is 1.44 bits per heavy atom. The van der Waals surface area contributed by atoms with Gasteiger partial charge in [0.25, 0.3) is 0 Å². The molecule has 1 saturated heterocycles. The van der Waals surface area contributed by atoms with Crippen LogP contribution in [0.15, 0.2) is 84.9 Å². The topological polar surface area (TPSA) is 108 Å². The number of benzene rings is 3. The summed E-state index contributed by atoms with van der Waals surface area (Å²) in [5, 5.41) is 6.44. The summed E-state index contributed by atoms with van der Waals surface area (Å²) in [5.74, 6) is -0.668. The molecule has 8 nitrogen and oxygen atoms in total. The lowest BCUT2D eigenvalue weighted by Crippen LogP contribution is -2.55. The molecule has 0 aliphatic carbocycles. The molecule has 3 unspecified atom stereocenters. The molecule has 0 saturated carbocycles. The molecule has 3 atom stereocenters. The van der Waals surface area contributed by atoms with E-state index in [2.05, 4.69) is 43.5 Å². The molecule has 4 N–H and O–H groups in total. The Morgan fingerprint density at radius 1 is 0.837 bits per heavy atom. The summed E-state index contributed by atoms with van der Waals surface area (Å²) in [7, 11) is 0. The number of anilines is 2. The molecule has 43 heavy (non-hydrogen) atoms. The van der Waals surface area contributed by atoms with E-state index in [1.54, 1.807) is 11.0 Å². The first-order chi connectivity index (χ1) is 20.2. The van der Waals surface area contributed by atoms with Gasteiger partial charge in [-0.05, 0) is 89.6 Å². The van der Waals surface area contributed by atoms with Crippen molar-refractivity contribution in [3.05, 3.63) is 96.1 Å². The largest absolute Gasteiger partial charge is 0.380 e. The van der Waals surface area contributed by atoms with Gasteiger partial charge in [-0.15, -0.1) is 0 Å². The van der Waals surface area contributed by atoms with Crippen molar-refractivity contribution < 1.29 is 14.4 Å². The van der Waals surface area contributed by atoms with Gasteiger partial charge >= 0.3 is 6.03 Å². The first-order valence-electron chi connectivity index (χ1n) is 14.9. The molecule has 0 radical (unpaired) electrons. The van der Waals surface area contributed by atoms with Crippen LogP contribution in [-0.2, 0) is 9.59 Å². The van der Waals surface area contributed by atoms with Gasteiger partial charge in [0.1, 0.15) is 12.6 Å². The van der Waals surface area contributed by atoms with Gasteiger partial charge in [-0.25, -0.2) is 4.79 Å². The lowest BCUT2D eigenvalue weighted by atomic mass is 9.86. The Hall–Kier alpha value is -4.33. The lowest BCUT2D eigenvalue weighted by molar-refractivity contribution is -0.139. The molecule has 0 bridgehead atoms. The molecule has 8 heteroatoms. The fraction of sp³-hybridized carbons (Fsp3) is 0.400. The van der Waals surface area contributed by atoms with Crippen molar-refractivity contribution >= 4 is 29.2 Å². The Balaban J connectivity index is 1.84. The van der Waals surface area contributed by atoms with E-state index in [1.807, 2.05) is 87.5 Å². The van der Waals surface area contributed by atoms with E-state index in [-0.39, 0.29) is 29.8 Å². The Labute approximate surface area is 255 Å². The zero-order valence-corrected chi connectivity index (χ0v) is 26.1. The predicted molar refractivity (Wildman–Crippen MR) is 173 cm³/mol. The molecule has 0 spiro atoms. The molecule has 3 aromatic rings. The van der Waals surface area contributed by atoms with Crippen LogP contribution in [0, 0.1) is 0 Å². The van der Waals surface area contributed by atoms with Crippen molar-refractivity contribution in [3.63, 3.8) is 0 Å². The van der Waals surface area contributed by atoms with Crippen molar-refractivity contribution in [2.45, 2.75) is 83.5 Å². The van der Waals surface area contributed by atoms with Crippen molar-refractivity contribution in [2.24, 2.45) is 5.73 Å². The van der Waals surface area contributed by atoms with Gasteiger partial charge in [0.05, 0.1) is 6.04 Å². The van der Waals surface area contributed by atoms with E-state index in [4.69, 9.17) is 5.73 Å². The minimum Gasteiger partial charge on any atom is -0.380 e. The van der Waals surface area contributed by atoms with Crippen molar-refractivity contribution in [2.75, 3.05) is 16.8 Å². The first-order valence-corrected chi connectivity index (χ1v) is 14.9. The second-order valence-electron chi connectivity index (χ2n) is 13.4. The molecule has 0 aromatic heterocycles. The Bertz CT molecular complexity index is 1410. The second kappa shape index (κ2) is 12.9. The van der Waals surface area contributed by atoms with E-state index < -0.39 is 23.7 Å². The zero-order valence-electron chi connectivity index (χ0n) is 26.1. The molecule has 1 aliphatic rings. The molecule has 4 rings (SSSR count). The normalized spacial score (nSPS) is 19.3. The van der Waals surface area contributed by atoms with Crippen LogP contribution in [0.25, 0.3) is 0 Å². The summed E-state index contributed by atoms with van der Waals surface area (Å²) >= 11 is 0. The van der Waals surface area contributed by atoms with Gasteiger partial charge in [-0.3, -0.25) is 14.5 Å². The summed E-state index contributed by atoms with van der Waals surface area (Å²) in [6.07, 6.45) is 0.931. The van der Waals surface area contributed by atoms with Gasteiger partial charge < -0.3 is 21.3 Å². The number of amides is 4. The van der Waals surface area contributed by atoms with Gasteiger partial charge in [0.15, 0.2) is 0 Å². The van der Waals surface area contributed by atoms with Crippen LogP contribution in [0.4, 0.5) is 16.2 Å². The van der Waals surface area contributed by atoms with Crippen molar-refractivity contribution in [1.29, 1.82) is 0 Å². The van der Waals surface area contributed by atoms with Crippen LogP contribution >= 0.6 is 0 Å². The van der Waals surface area contributed by atoms with Crippen LogP contribution in [0.3, 0.4) is 0 Å². The maximum Gasteiger partial charge on any atom is 0.320 e. The number of hydrogen-bond acceptors (Lipinski definition) is 4. The highest BCUT2D eigenvalue weighted by Gasteiger charge is 2.43. The highest BCUT2D eigenvalue weighted by Crippen LogP contribution is 2.41. The second-order valence-corrected chi connectivity index (χ2v) is 13.4. The number of primary amides is 1. The number of likely N-dealkylation sites (tertiary alicyclic amines) is 1. The Morgan fingerprint density at radius 3 is 2.00 bits per heavy atom. The summed E-state index contributed by atoms with van der Waals surface area (Å²) in [5.41, 5.74) is 8.70. The van der Waals surface area contributed by atoms with Crippen molar-refractivity contribution in [3.8, 4) is 0 Å². The number of carbonyl (C=O) groups excluding carboxylic acids is 3. The highest BCUT2D eigenvalue weighted by molar-refractivity contribution is 6.00. The van der Waals surface area contributed by atoms with Gasteiger partial charge in [-0.2, -0.15) is 0 Å². The molecule has 3 aromatic carbocycles. The highest BCUT2D eigenvalue weighted by atomic mass is 16.2. The number of urea groups is 1. The maximum absolute atomic E-state index is 14.7. The van der Waals surface area contributed by atoms with E-state index in [1.165, 1.54) is 4.90 Å². The van der Waals surface area contributed by atoms with Gasteiger partial charge in [0.2, 0.25) is 11.8 Å². The third-order valence-electron chi connectivity index (χ3n) is 7.44. The summed E-state index contributed by atoms with van der Waals surface area (Å²) in [4.78, 5) is 44.3. The SMILES string of the molecule is CC(C)(C)NC(=O)CN1C(=O)C(N(C(N)=O)c2cccc(NC(C)(C)C)c2)CC(c2ccccc2)CC1c1ccccc1. The third kappa shape index (κ3) is 8.37. The molecule has 1 aliphatic heterocycles. The van der Waals surface area contributed by atoms with E-state index in [9.17, 15) is 14.4 Å². The number of nitrogens with two attached hydrogens (primary N) is 1. The standard InChI is InChI=1S/C35H45N5O3/c1-34(2,3)37-27-18-13-19-28(22-27)40(33(36)43)30-21-26(24-14-9-7-10-15-24)20-29(25-16-11-8-12-17-25)39(32(30)42)23-31(41)38-35(4,5)6/h7-19,22,26,29-30,37H,20-21,23H2,1-6H3,(H2,36,43)(H,38,41). The van der Waals surface area contributed by atoms with Crippen LogP contribution in [-0.4, -0.2) is 46.4 Å². The smallest absolute Gasteiger partial charge is 0.320 e. The number of rotatable bonds is 7. The number of nitrogens with zero attached hydrogens (tertiary/aromatic N) is 2. The van der Waals surface area contributed by atoms with E-state index in [0.717, 1.165) is 16.8 Å². The number of hydrogen-bond donors (Lipinski definition) is 3. The molecular weight excluding hydrogens is 538 g/mol. The first kappa shape index (κ1) is 31.6. The third-order valence-corrected chi connectivity index (χ3v) is 7.44. The quantitative estimate of drug-likeness (QED) is 0.307. The Kier molecular flexibility index (Phi) is 9.48. The monoisotopic (exact) mass is 583 g/mol. The van der Waals surface area contributed by atoms with Crippen LogP contribution in [0.2, 0.25) is 0 Å². The van der Waals surface area contributed by atoms with Crippen LogP contribution in [0.1, 0.15) is 77.5 Å². The molecule has 1 heterocycles. The fourth-order valence-corrected chi connectivity index (χ4v) is 5.84. The van der Waals surface area contributed by atoms with Gasteiger partial charge in [0, 0.05) is 22.5 Å².